The number of benzene rings is 1. The third-order valence-electron chi connectivity index (χ3n) is 4.71. The summed E-state index contributed by atoms with van der Waals surface area (Å²) in [6.45, 7) is 3.59. The molecule has 0 spiro atoms. The molecule has 0 aliphatic carbocycles. The van der Waals surface area contributed by atoms with Crippen molar-refractivity contribution in [1.29, 1.82) is 0 Å². The molecule has 1 saturated heterocycles. The second-order valence-electron chi connectivity index (χ2n) is 6.57. The molecule has 4 heterocycles. The summed E-state index contributed by atoms with van der Waals surface area (Å²) in [4.78, 5) is 24.4. The lowest BCUT2D eigenvalue weighted by molar-refractivity contribution is 0.247. The number of para-hydroxylation sites is 1. The van der Waals surface area contributed by atoms with E-state index < -0.39 is 0 Å². The Morgan fingerprint density at radius 3 is 3.00 bits per heavy atom. The van der Waals surface area contributed by atoms with Gasteiger partial charge < -0.3 is 0 Å². The van der Waals surface area contributed by atoms with Gasteiger partial charge in [-0.2, -0.15) is 9.61 Å². The van der Waals surface area contributed by atoms with Gasteiger partial charge in [-0.3, -0.25) is 9.69 Å². The van der Waals surface area contributed by atoms with Gasteiger partial charge in [0.15, 0.2) is 0 Å². The molecule has 1 atom stereocenters. The quantitative estimate of drug-likeness (QED) is 0.542. The van der Waals surface area contributed by atoms with Crippen LogP contribution in [-0.2, 0) is 6.54 Å². The predicted octanol–water partition coefficient (Wildman–Crippen LogP) is 3.41. The molecule has 0 radical (unpaired) electrons. The molecule has 1 fully saturated rings. The Balaban J connectivity index is 1.46. The Hall–Kier alpha value is -2.16. The zero-order chi connectivity index (χ0) is 17.7. The van der Waals surface area contributed by atoms with E-state index in [9.17, 15) is 4.79 Å². The zero-order valence-electron chi connectivity index (χ0n) is 14.3. The monoisotopic (exact) mass is 383 g/mol. The third-order valence-corrected chi connectivity index (χ3v) is 6.74. The van der Waals surface area contributed by atoms with Crippen molar-refractivity contribution in [2.75, 3.05) is 6.54 Å². The van der Waals surface area contributed by atoms with E-state index in [1.165, 1.54) is 31.6 Å². The standard InChI is InChI=1S/C18H17N5OS2/c1-11-9-16(24)23-18(19-11)26-15(21-23)10-22-8-4-6-13(22)17-20-12-5-2-3-7-14(12)25-17/h2-3,5,7,9,13H,4,6,8,10H2,1H3/t13-/m1/s1. The summed E-state index contributed by atoms with van der Waals surface area (Å²) in [6, 6.07) is 10.1. The van der Waals surface area contributed by atoms with Crippen LogP contribution in [0.1, 0.15) is 34.6 Å². The molecule has 8 heteroatoms. The van der Waals surface area contributed by atoms with Gasteiger partial charge in [-0.15, -0.1) is 11.3 Å². The largest absolute Gasteiger partial charge is 0.287 e. The molecule has 0 amide bonds. The van der Waals surface area contributed by atoms with E-state index in [1.54, 1.807) is 11.3 Å². The van der Waals surface area contributed by atoms with Crippen LogP contribution in [0.2, 0.25) is 0 Å². The van der Waals surface area contributed by atoms with E-state index in [0.29, 0.717) is 11.0 Å². The first-order valence-corrected chi connectivity index (χ1v) is 10.3. The van der Waals surface area contributed by atoms with Crippen LogP contribution >= 0.6 is 22.7 Å². The number of hydrogen-bond donors (Lipinski definition) is 0. The van der Waals surface area contributed by atoms with Gasteiger partial charge in [0.05, 0.1) is 22.8 Å². The number of fused-ring (bicyclic) bond motifs is 2. The highest BCUT2D eigenvalue weighted by Gasteiger charge is 2.29. The van der Waals surface area contributed by atoms with Gasteiger partial charge in [0.1, 0.15) is 10.0 Å². The molecular formula is C18H17N5OS2. The van der Waals surface area contributed by atoms with Gasteiger partial charge in [0.2, 0.25) is 4.96 Å². The van der Waals surface area contributed by atoms with Crippen LogP contribution in [0.25, 0.3) is 15.2 Å². The highest BCUT2D eigenvalue weighted by atomic mass is 32.1. The average Bonchev–Trinajstić information content (AvgIpc) is 3.31. The summed E-state index contributed by atoms with van der Waals surface area (Å²) in [5, 5.41) is 6.59. The number of nitrogens with zero attached hydrogens (tertiary/aromatic N) is 5. The molecule has 26 heavy (non-hydrogen) atoms. The molecule has 0 N–H and O–H groups in total. The van der Waals surface area contributed by atoms with Crippen LogP contribution in [0.5, 0.6) is 0 Å². The van der Waals surface area contributed by atoms with Crippen LogP contribution < -0.4 is 5.56 Å². The number of likely N-dealkylation sites (tertiary alicyclic amines) is 1. The minimum atomic E-state index is -0.112. The van der Waals surface area contributed by atoms with Gasteiger partial charge in [-0.1, -0.05) is 23.5 Å². The fourth-order valence-corrected chi connectivity index (χ4v) is 5.63. The van der Waals surface area contributed by atoms with Crippen LogP contribution in [0.15, 0.2) is 35.1 Å². The summed E-state index contributed by atoms with van der Waals surface area (Å²) in [5.41, 5.74) is 1.70. The van der Waals surface area contributed by atoms with Crippen molar-refractivity contribution in [2.45, 2.75) is 32.4 Å². The lowest BCUT2D eigenvalue weighted by Gasteiger charge is -2.21. The van der Waals surface area contributed by atoms with Crippen molar-refractivity contribution in [1.82, 2.24) is 24.5 Å². The second kappa shape index (κ2) is 6.22. The molecule has 1 aromatic carbocycles. The maximum absolute atomic E-state index is 12.1. The summed E-state index contributed by atoms with van der Waals surface area (Å²) >= 11 is 3.28. The van der Waals surface area contributed by atoms with Crippen molar-refractivity contribution in [3.8, 4) is 0 Å². The molecule has 0 bridgehead atoms. The molecule has 0 unspecified atom stereocenters. The number of aromatic nitrogens is 4. The fraction of sp³-hybridized carbons (Fsp3) is 0.333. The number of thiazole rings is 1. The molecular weight excluding hydrogens is 366 g/mol. The fourth-order valence-electron chi connectivity index (χ4n) is 3.53. The minimum Gasteiger partial charge on any atom is -0.287 e. The number of hydrogen-bond acceptors (Lipinski definition) is 7. The smallest absolute Gasteiger partial charge is 0.275 e. The first-order valence-electron chi connectivity index (χ1n) is 8.63. The van der Waals surface area contributed by atoms with Crippen LogP contribution in [0.3, 0.4) is 0 Å². The van der Waals surface area contributed by atoms with Crippen molar-refractivity contribution in [2.24, 2.45) is 0 Å². The van der Waals surface area contributed by atoms with E-state index in [2.05, 4.69) is 33.2 Å². The second-order valence-corrected chi connectivity index (χ2v) is 8.68. The topological polar surface area (TPSA) is 63.4 Å². The molecule has 1 aliphatic rings. The van der Waals surface area contributed by atoms with Crippen molar-refractivity contribution in [3.05, 3.63) is 56.4 Å². The molecule has 6 nitrogen and oxygen atoms in total. The van der Waals surface area contributed by atoms with E-state index in [0.717, 1.165) is 42.1 Å². The van der Waals surface area contributed by atoms with Crippen molar-refractivity contribution >= 4 is 37.9 Å². The first-order chi connectivity index (χ1) is 12.7. The zero-order valence-corrected chi connectivity index (χ0v) is 15.9. The summed E-state index contributed by atoms with van der Waals surface area (Å²) in [5.74, 6) is 0. The van der Waals surface area contributed by atoms with Gasteiger partial charge in [0.25, 0.3) is 5.56 Å². The Kier molecular flexibility index (Phi) is 3.84. The summed E-state index contributed by atoms with van der Waals surface area (Å²) in [7, 11) is 0. The Morgan fingerprint density at radius 2 is 2.12 bits per heavy atom. The van der Waals surface area contributed by atoms with Crippen molar-refractivity contribution < 1.29 is 0 Å². The molecule has 0 saturated carbocycles. The van der Waals surface area contributed by atoms with E-state index in [-0.39, 0.29) is 5.56 Å². The van der Waals surface area contributed by atoms with Gasteiger partial charge in [-0.25, -0.2) is 9.97 Å². The van der Waals surface area contributed by atoms with E-state index in [1.807, 2.05) is 13.0 Å². The lowest BCUT2D eigenvalue weighted by atomic mass is 10.2. The molecule has 4 aromatic rings. The Bertz CT molecular complexity index is 1130. The number of rotatable bonds is 3. The van der Waals surface area contributed by atoms with Gasteiger partial charge >= 0.3 is 0 Å². The highest BCUT2D eigenvalue weighted by Crippen LogP contribution is 2.37. The first kappa shape index (κ1) is 16.0. The minimum absolute atomic E-state index is 0.112. The predicted molar refractivity (Wildman–Crippen MR) is 104 cm³/mol. The number of aryl methyl sites for hydroxylation is 1. The molecule has 3 aromatic heterocycles. The third kappa shape index (κ3) is 2.74. The van der Waals surface area contributed by atoms with E-state index >= 15 is 0 Å². The maximum atomic E-state index is 12.1. The molecule has 132 valence electrons. The molecule has 5 rings (SSSR count). The van der Waals surface area contributed by atoms with E-state index in [4.69, 9.17) is 4.98 Å². The van der Waals surface area contributed by atoms with Crippen LogP contribution in [-0.4, -0.2) is 31.0 Å². The normalized spacial score (nSPS) is 18.3. The average molecular weight is 384 g/mol. The van der Waals surface area contributed by atoms with Crippen LogP contribution in [0, 0.1) is 6.92 Å². The van der Waals surface area contributed by atoms with Gasteiger partial charge in [-0.05, 0) is 38.4 Å². The van der Waals surface area contributed by atoms with Crippen molar-refractivity contribution in [3.63, 3.8) is 0 Å². The lowest BCUT2D eigenvalue weighted by Crippen LogP contribution is -2.23. The Morgan fingerprint density at radius 1 is 1.23 bits per heavy atom. The Labute approximate surface area is 157 Å². The highest BCUT2D eigenvalue weighted by molar-refractivity contribution is 7.18. The SMILES string of the molecule is Cc1cc(=O)n2nc(CN3CCC[C@@H]3c3nc4ccccc4s3)sc2n1. The van der Waals surface area contributed by atoms with Gasteiger partial charge in [0, 0.05) is 11.8 Å². The molecule has 1 aliphatic heterocycles. The van der Waals surface area contributed by atoms with Crippen LogP contribution in [0.4, 0.5) is 0 Å². The maximum Gasteiger partial charge on any atom is 0.275 e. The summed E-state index contributed by atoms with van der Waals surface area (Å²) in [6.07, 6.45) is 2.27. The summed E-state index contributed by atoms with van der Waals surface area (Å²) < 4.78 is 2.65.